The van der Waals surface area contributed by atoms with Gasteiger partial charge in [-0.25, -0.2) is 0 Å². The number of morpholine rings is 1. The van der Waals surface area contributed by atoms with E-state index >= 15 is 0 Å². The summed E-state index contributed by atoms with van der Waals surface area (Å²) in [5, 5.41) is 3.57. The number of fused-ring (bicyclic) bond motifs is 2. The minimum absolute atomic E-state index is 0.278. The molecule has 2 aromatic carbocycles. The number of likely N-dealkylation sites (N-methyl/N-ethyl adjacent to an activating group) is 1. The lowest BCUT2D eigenvalue weighted by Gasteiger charge is -2.37. The third-order valence-corrected chi connectivity index (χ3v) is 8.11. The van der Waals surface area contributed by atoms with Gasteiger partial charge in [0.1, 0.15) is 0 Å². The van der Waals surface area contributed by atoms with E-state index in [1.807, 2.05) is 11.3 Å². The molecular weight excluding hydrogens is 376 g/mol. The first-order valence-corrected chi connectivity index (χ1v) is 11.7. The fourth-order valence-corrected chi connectivity index (χ4v) is 6.29. The Bertz CT molecular complexity index is 1050. The van der Waals surface area contributed by atoms with E-state index in [1.165, 1.54) is 45.2 Å². The monoisotopic (exact) mass is 404 g/mol. The minimum Gasteiger partial charge on any atom is -0.379 e. The Balaban J connectivity index is 1.37. The van der Waals surface area contributed by atoms with Crippen molar-refractivity contribution in [2.45, 2.75) is 30.8 Å². The normalized spacial score (nSPS) is 24.5. The molecule has 1 saturated heterocycles. The van der Waals surface area contributed by atoms with Crippen molar-refractivity contribution >= 4 is 21.4 Å². The Hall–Kier alpha value is -1.72. The number of hydrogen-bond donors (Lipinski definition) is 0. The van der Waals surface area contributed by atoms with Crippen molar-refractivity contribution in [3.63, 3.8) is 0 Å². The van der Waals surface area contributed by atoms with Crippen molar-refractivity contribution in [1.29, 1.82) is 0 Å². The lowest BCUT2D eigenvalue weighted by molar-refractivity contribution is 0.00831. The molecule has 3 aliphatic rings. The summed E-state index contributed by atoms with van der Waals surface area (Å²) < 4.78 is 6.99. The maximum Gasteiger partial charge on any atom is 0.0594 e. The van der Waals surface area contributed by atoms with Gasteiger partial charge in [0.15, 0.2) is 0 Å². The molecule has 3 nitrogen and oxygen atoms in total. The standard InChI is InChI=1S/C25H28N2OS/c1-26-16-20-15-21(25(7-8-25)27-9-11-28-12-10-27)3-4-22(20)23(17-26)18-2-5-24-19(14-18)6-13-29-24/h2-6,13-15,23H,7-12,16-17H2,1H3. The molecule has 2 fully saturated rings. The van der Waals surface area contributed by atoms with Crippen LogP contribution >= 0.6 is 11.3 Å². The number of rotatable bonds is 3. The molecule has 3 heterocycles. The molecule has 0 spiro atoms. The number of benzene rings is 2. The molecule has 6 rings (SSSR count). The van der Waals surface area contributed by atoms with Crippen LogP contribution in [0.5, 0.6) is 0 Å². The van der Waals surface area contributed by atoms with Gasteiger partial charge in [-0.05, 0) is 71.1 Å². The molecule has 1 aliphatic carbocycles. The molecule has 1 aromatic heterocycles. The molecular formula is C25H28N2OS. The first kappa shape index (κ1) is 18.1. The van der Waals surface area contributed by atoms with Gasteiger partial charge in [-0.3, -0.25) is 4.90 Å². The predicted octanol–water partition coefficient (Wildman–Crippen LogP) is 4.80. The molecule has 0 bridgehead atoms. The van der Waals surface area contributed by atoms with Gasteiger partial charge in [0.25, 0.3) is 0 Å². The molecule has 29 heavy (non-hydrogen) atoms. The zero-order chi connectivity index (χ0) is 19.4. The van der Waals surface area contributed by atoms with Crippen LogP contribution < -0.4 is 0 Å². The van der Waals surface area contributed by atoms with Crippen LogP contribution in [0.3, 0.4) is 0 Å². The Labute approximate surface area is 176 Å². The average Bonchev–Trinajstić information content (AvgIpc) is 3.44. The fourth-order valence-electron chi connectivity index (χ4n) is 5.52. The van der Waals surface area contributed by atoms with E-state index < -0.39 is 0 Å². The SMILES string of the molecule is CN1Cc2cc(C3(N4CCOCC4)CC3)ccc2C(c2ccc3sccc3c2)C1. The molecule has 0 N–H and O–H groups in total. The van der Waals surface area contributed by atoms with Gasteiger partial charge in [0.05, 0.1) is 13.2 Å². The fraction of sp³-hybridized carbons (Fsp3) is 0.440. The summed E-state index contributed by atoms with van der Waals surface area (Å²) in [6.45, 7) is 6.04. The Morgan fingerprint density at radius 1 is 1.03 bits per heavy atom. The third kappa shape index (κ3) is 3.05. The summed E-state index contributed by atoms with van der Waals surface area (Å²) in [5.41, 5.74) is 6.30. The number of hydrogen-bond acceptors (Lipinski definition) is 4. The maximum atomic E-state index is 5.60. The quantitative estimate of drug-likeness (QED) is 0.624. The van der Waals surface area contributed by atoms with Gasteiger partial charge in [0, 0.05) is 42.3 Å². The van der Waals surface area contributed by atoms with Crippen molar-refractivity contribution in [3.05, 3.63) is 70.1 Å². The number of ether oxygens (including phenoxy) is 1. The lowest BCUT2D eigenvalue weighted by atomic mass is 9.83. The van der Waals surface area contributed by atoms with Crippen LogP contribution in [0.15, 0.2) is 47.8 Å². The second-order valence-corrected chi connectivity index (χ2v) is 9.96. The number of nitrogens with zero attached hydrogens (tertiary/aromatic N) is 2. The Morgan fingerprint density at radius 3 is 2.72 bits per heavy atom. The van der Waals surface area contributed by atoms with E-state index in [1.54, 1.807) is 0 Å². The second kappa shape index (κ2) is 6.92. The average molecular weight is 405 g/mol. The lowest BCUT2D eigenvalue weighted by Crippen LogP contribution is -2.43. The predicted molar refractivity (Wildman–Crippen MR) is 120 cm³/mol. The first-order valence-electron chi connectivity index (χ1n) is 10.8. The van der Waals surface area contributed by atoms with Crippen LogP contribution in [-0.2, 0) is 16.8 Å². The topological polar surface area (TPSA) is 15.7 Å². The van der Waals surface area contributed by atoms with Gasteiger partial charge < -0.3 is 9.64 Å². The van der Waals surface area contributed by atoms with Crippen molar-refractivity contribution in [3.8, 4) is 0 Å². The van der Waals surface area contributed by atoms with Crippen molar-refractivity contribution in [2.75, 3.05) is 39.9 Å². The molecule has 0 amide bonds. The van der Waals surface area contributed by atoms with Gasteiger partial charge in [-0.1, -0.05) is 24.3 Å². The largest absolute Gasteiger partial charge is 0.379 e. The van der Waals surface area contributed by atoms with Gasteiger partial charge in [0.2, 0.25) is 0 Å². The summed E-state index contributed by atoms with van der Waals surface area (Å²) in [5.74, 6) is 0.459. The van der Waals surface area contributed by atoms with E-state index in [-0.39, 0.29) is 5.54 Å². The zero-order valence-electron chi connectivity index (χ0n) is 17.1. The van der Waals surface area contributed by atoms with Crippen LogP contribution in [0, 0.1) is 0 Å². The summed E-state index contributed by atoms with van der Waals surface area (Å²) in [4.78, 5) is 5.16. The molecule has 150 valence electrons. The molecule has 1 saturated carbocycles. The molecule has 3 aromatic rings. The molecule has 1 unspecified atom stereocenters. The van der Waals surface area contributed by atoms with Crippen molar-refractivity contribution < 1.29 is 4.74 Å². The molecule has 0 radical (unpaired) electrons. The summed E-state index contributed by atoms with van der Waals surface area (Å²) >= 11 is 1.83. The zero-order valence-corrected chi connectivity index (χ0v) is 17.9. The van der Waals surface area contributed by atoms with E-state index in [9.17, 15) is 0 Å². The smallest absolute Gasteiger partial charge is 0.0594 e. The Kier molecular flexibility index (Phi) is 4.31. The highest BCUT2D eigenvalue weighted by Gasteiger charge is 2.49. The van der Waals surface area contributed by atoms with E-state index in [0.29, 0.717) is 5.92 Å². The van der Waals surface area contributed by atoms with Crippen molar-refractivity contribution in [2.24, 2.45) is 0 Å². The first-order chi connectivity index (χ1) is 14.2. The molecule has 2 aliphatic heterocycles. The van der Waals surface area contributed by atoms with E-state index in [4.69, 9.17) is 4.74 Å². The maximum absolute atomic E-state index is 5.60. The van der Waals surface area contributed by atoms with Crippen LogP contribution in [0.2, 0.25) is 0 Å². The van der Waals surface area contributed by atoms with Crippen LogP contribution in [0.25, 0.3) is 10.1 Å². The highest BCUT2D eigenvalue weighted by molar-refractivity contribution is 7.17. The summed E-state index contributed by atoms with van der Waals surface area (Å²) in [6.07, 6.45) is 2.58. The molecule has 4 heteroatoms. The van der Waals surface area contributed by atoms with Gasteiger partial charge >= 0.3 is 0 Å². The van der Waals surface area contributed by atoms with Gasteiger partial charge in [-0.2, -0.15) is 0 Å². The van der Waals surface area contributed by atoms with Crippen LogP contribution in [0.4, 0.5) is 0 Å². The summed E-state index contributed by atoms with van der Waals surface area (Å²) in [6, 6.07) is 16.7. The highest BCUT2D eigenvalue weighted by atomic mass is 32.1. The Morgan fingerprint density at radius 2 is 1.90 bits per heavy atom. The van der Waals surface area contributed by atoms with Gasteiger partial charge in [-0.15, -0.1) is 11.3 Å². The highest BCUT2D eigenvalue weighted by Crippen LogP contribution is 2.52. The minimum atomic E-state index is 0.278. The van der Waals surface area contributed by atoms with Crippen molar-refractivity contribution in [1.82, 2.24) is 9.80 Å². The van der Waals surface area contributed by atoms with Crippen LogP contribution in [0.1, 0.15) is 41.0 Å². The number of thiophene rings is 1. The van der Waals surface area contributed by atoms with Crippen LogP contribution in [-0.4, -0.2) is 49.7 Å². The summed E-state index contributed by atoms with van der Waals surface area (Å²) in [7, 11) is 2.26. The second-order valence-electron chi connectivity index (χ2n) is 9.01. The third-order valence-electron chi connectivity index (χ3n) is 7.21. The van der Waals surface area contributed by atoms with E-state index in [0.717, 1.165) is 39.4 Å². The molecule has 1 atom stereocenters. The van der Waals surface area contributed by atoms with E-state index in [2.05, 4.69) is 64.7 Å².